The molecule has 1 saturated heterocycles. The maximum atomic E-state index is 11.7. The van der Waals surface area contributed by atoms with Crippen LogP contribution in [0.5, 0.6) is 0 Å². The van der Waals surface area contributed by atoms with Crippen LogP contribution in [-0.4, -0.2) is 21.4 Å². The Bertz CT molecular complexity index is 245. The van der Waals surface area contributed by atoms with Gasteiger partial charge < -0.3 is 0 Å². The lowest BCUT2D eigenvalue weighted by atomic mass is 10.1. The predicted molar refractivity (Wildman–Crippen MR) is 53.4 cm³/mol. The molecular weight excluding hydrogens is 188 g/mol. The summed E-state index contributed by atoms with van der Waals surface area (Å²) >= 11 is 3.85. The molecule has 66 valence electrons. The van der Waals surface area contributed by atoms with Crippen molar-refractivity contribution >= 4 is 29.3 Å². The lowest BCUT2D eigenvalue weighted by Gasteiger charge is -2.22. The van der Waals surface area contributed by atoms with Gasteiger partial charge in [-0.15, -0.1) is 23.5 Å². The summed E-state index contributed by atoms with van der Waals surface area (Å²) in [7, 11) is 0. The van der Waals surface area contributed by atoms with Crippen LogP contribution in [0.1, 0.15) is 13.3 Å². The topological polar surface area (TPSA) is 17.1 Å². The number of hydrogen-bond donors (Lipinski definition) is 0. The molecule has 1 heterocycles. The van der Waals surface area contributed by atoms with Gasteiger partial charge in [-0.3, -0.25) is 4.79 Å². The number of Topliss-reactive ketones (excluding diaryl/α,β-unsaturated/α-hetero) is 1. The normalized spacial score (nSPS) is 48.4. The molecule has 3 fully saturated rings. The first kappa shape index (κ1) is 7.74. The summed E-state index contributed by atoms with van der Waals surface area (Å²) in [6.07, 6.45) is 0.881. The molecule has 0 aromatic heterocycles. The van der Waals surface area contributed by atoms with Crippen LogP contribution in [0.4, 0.5) is 0 Å². The van der Waals surface area contributed by atoms with Gasteiger partial charge in [-0.2, -0.15) is 0 Å². The van der Waals surface area contributed by atoms with Crippen molar-refractivity contribution in [1.82, 2.24) is 0 Å². The van der Waals surface area contributed by atoms with Crippen molar-refractivity contribution in [2.24, 2.45) is 17.8 Å². The van der Waals surface area contributed by atoms with Gasteiger partial charge in [0.2, 0.25) is 0 Å². The molecule has 0 radical (unpaired) electrons. The summed E-state index contributed by atoms with van der Waals surface area (Å²) in [5.41, 5.74) is 0. The van der Waals surface area contributed by atoms with Gasteiger partial charge in [0.05, 0.1) is 0 Å². The Morgan fingerprint density at radius 1 is 1.42 bits per heavy atom. The Labute approximate surface area is 81.0 Å². The second-order valence-electron chi connectivity index (χ2n) is 4.04. The van der Waals surface area contributed by atoms with E-state index < -0.39 is 0 Å². The van der Waals surface area contributed by atoms with Crippen molar-refractivity contribution < 1.29 is 4.79 Å². The Morgan fingerprint density at radius 3 is 2.67 bits per heavy atom. The largest absolute Gasteiger partial charge is 0.297 e. The first-order chi connectivity index (χ1) is 5.76. The van der Waals surface area contributed by atoms with E-state index >= 15 is 0 Å². The van der Waals surface area contributed by atoms with Crippen LogP contribution < -0.4 is 0 Å². The van der Waals surface area contributed by atoms with E-state index in [1.165, 1.54) is 11.5 Å². The predicted octanol–water partition coefficient (Wildman–Crippen LogP) is 2.02. The second kappa shape index (κ2) is 2.24. The molecule has 1 aliphatic heterocycles. The van der Waals surface area contributed by atoms with Crippen LogP contribution in [0.25, 0.3) is 0 Å². The fourth-order valence-electron chi connectivity index (χ4n) is 2.81. The monoisotopic (exact) mass is 200 g/mol. The van der Waals surface area contributed by atoms with Crippen molar-refractivity contribution in [3.05, 3.63) is 0 Å². The highest BCUT2D eigenvalue weighted by Crippen LogP contribution is 2.70. The van der Waals surface area contributed by atoms with E-state index in [-0.39, 0.29) is 4.08 Å². The zero-order valence-electron chi connectivity index (χ0n) is 7.08. The smallest absolute Gasteiger partial charge is 0.159 e. The Morgan fingerprint density at radius 2 is 2.08 bits per heavy atom. The molecule has 0 bridgehead atoms. The van der Waals surface area contributed by atoms with Crippen molar-refractivity contribution in [2.75, 3.05) is 11.5 Å². The van der Waals surface area contributed by atoms with Gasteiger partial charge >= 0.3 is 0 Å². The van der Waals surface area contributed by atoms with Crippen LogP contribution in [0.3, 0.4) is 0 Å². The molecular formula is C9H12OS2. The third-order valence-electron chi connectivity index (χ3n) is 3.53. The van der Waals surface area contributed by atoms with Crippen LogP contribution in [0.2, 0.25) is 0 Å². The number of thioether (sulfide) groups is 2. The van der Waals surface area contributed by atoms with Gasteiger partial charge in [-0.05, 0) is 17.8 Å². The zero-order chi connectivity index (χ0) is 8.34. The summed E-state index contributed by atoms with van der Waals surface area (Å²) in [4.78, 5) is 11.7. The Balaban J connectivity index is 1.96. The van der Waals surface area contributed by atoms with Crippen LogP contribution >= 0.6 is 23.5 Å². The number of carbonyl (C=O) groups excluding carboxylic acids is 1. The van der Waals surface area contributed by atoms with Crippen molar-refractivity contribution in [2.45, 2.75) is 17.4 Å². The van der Waals surface area contributed by atoms with Crippen LogP contribution in [0, 0.1) is 17.8 Å². The number of hydrogen-bond acceptors (Lipinski definition) is 3. The second-order valence-corrected chi connectivity index (χ2v) is 6.98. The van der Waals surface area contributed by atoms with Gasteiger partial charge in [0, 0.05) is 17.9 Å². The summed E-state index contributed by atoms with van der Waals surface area (Å²) in [6, 6.07) is 0. The van der Waals surface area contributed by atoms with E-state index in [1.54, 1.807) is 0 Å². The maximum absolute atomic E-state index is 11.7. The van der Waals surface area contributed by atoms with Crippen molar-refractivity contribution in [3.8, 4) is 0 Å². The standard InChI is InChI=1S/C9H12OS2/c1-5-6-4-7(10)9(8(5)6)11-2-3-12-9/h5-6,8H,2-4H2,1H3/t5-,6+,8-/m1/s1. The van der Waals surface area contributed by atoms with Crippen molar-refractivity contribution in [1.29, 1.82) is 0 Å². The third kappa shape index (κ3) is 0.728. The van der Waals surface area contributed by atoms with Crippen LogP contribution in [-0.2, 0) is 4.79 Å². The van der Waals surface area contributed by atoms with Gasteiger partial charge in [-0.1, -0.05) is 6.92 Å². The minimum atomic E-state index is 0.0457. The SMILES string of the molecule is C[C@@H]1[C@@H]2CC(=O)C3(SCCS3)[C@H]12. The molecule has 0 unspecified atom stereocenters. The molecule has 1 spiro atoms. The molecule has 0 N–H and O–H groups in total. The molecule has 3 heteroatoms. The summed E-state index contributed by atoms with van der Waals surface area (Å²) < 4.78 is 0.0457. The molecule has 0 aromatic rings. The molecule has 0 amide bonds. The highest BCUT2D eigenvalue weighted by atomic mass is 32.2. The molecule has 2 saturated carbocycles. The Kier molecular flexibility index (Phi) is 1.44. The first-order valence-corrected chi connectivity index (χ1v) is 6.54. The van der Waals surface area contributed by atoms with Gasteiger partial charge in [-0.25, -0.2) is 0 Å². The lowest BCUT2D eigenvalue weighted by molar-refractivity contribution is -0.118. The minimum Gasteiger partial charge on any atom is -0.297 e. The molecule has 3 rings (SSSR count). The third-order valence-corrected chi connectivity index (χ3v) is 7.17. The number of carbonyl (C=O) groups is 1. The fraction of sp³-hybridized carbons (Fsp3) is 0.889. The average Bonchev–Trinajstić information content (AvgIpc) is 2.56. The van der Waals surface area contributed by atoms with E-state index in [9.17, 15) is 4.79 Å². The summed E-state index contributed by atoms with van der Waals surface area (Å²) in [5, 5.41) is 0. The number of rotatable bonds is 0. The number of fused-ring (bicyclic) bond motifs is 2. The quantitative estimate of drug-likeness (QED) is 0.595. The number of ketones is 1. The maximum Gasteiger partial charge on any atom is 0.159 e. The van der Waals surface area contributed by atoms with Crippen LogP contribution in [0.15, 0.2) is 0 Å². The van der Waals surface area contributed by atoms with E-state index in [0.717, 1.165) is 24.2 Å². The molecule has 3 aliphatic rings. The van der Waals surface area contributed by atoms with E-state index in [1.807, 2.05) is 23.5 Å². The van der Waals surface area contributed by atoms with E-state index in [4.69, 9.17) is 0 Å². The van der Waals surface area contributed by atoms with E-state index in [0.29, 0.717) is 5.78 Å². The highest BCUT2D eigenvalue weighted by molar-refractivity contribution is 8.22. The zero-order valence-corrected chi connectivity index (χ0v) is 8.71. The first-order valence-electron chi connectivity index (χ1n) is 4.57. The van der Waals surface area contributed by atoms with E-state index in [2.05, 4.69) is 6.92 Å². The van der Waals surface area contributed by atoms with Gasteiger partial charge in [0.25, 0.3) is 0 Å². The summed E-state index contributed by atoms with van der Waals surface area (Å²) in [6.45, 7) is 2.31. The molecule has 1 nitrogen and oxygen atoms in total. The average molecular weight is 200 g/mol. The fourth-order valence-corrected chi connectivity index (χ4v) is 6.57. The molecule has 3 atom stereocenters. The lowest BCUT2D eigenvalue weighted by Crippen LogP contribution is -2.28. The van der Waals surface area contributed by atoms with Crippen molar-refractivity contribution in [3.63, 3.8) is 0 Å². The highest BCUT2D eigenvalue weighted by Gasteiger charge is 2.69. The molecule has 0 aromatic carbocycles. The minimum absolute atomic E-state index is 0.0457. The Hall–Kier alpha value is 0.370. The summed E-state index contributed by atoms with van der Waals surface area (Å²) in [5.74, 6) is 5.25. The van der Waals surface area contributed by atoms with Gasteiger partial charge in [0.15, 0.2) is 5.78 Å². The molecule has 12 heavy (non-hydrogen) atoms. The van der Waals surface area contributed by atoms with Gasteiger partial charge in [0.1, 0.15) is 4.08 Å². The molecule has 2 aliphatic carbocycles.